The lowest BCUT2D eigenvalue weighted by atomic mass is 10.0. The van der Waals surface area contributed by atoms with Crippen LogP contribution in [0, 0.1) is 0 Å². The number of nitrogens with one attached hydrogen (secondary N) is 1. The Kier molecular flexibility index (Phi) is 5.59. The molecule has 0 unspecified atom stereocenters. The zero-order valence-corrected chi connectivity index (χ0v) is 16.2. The van der Waals surface area contributed by atoms with Gasteiger partial charge in [-0.25, -0.2) is 4.79 Å². The predicted octanol–water partition coefficient (Wildman–Crippen LogP) is 6.08. The van der Waals surface area contributed by atoms with Crippen molar-refractivity contribution in [2.24, 2.45) is 0 Å². The lowest BCUT2D eigenvalue weighted by Crippen LogP contribution is -2.27. The third-order valence-corrected chi connectivity index (χ3v) is 4.05. The van der Waals surface area contributed by atoms with Gasteiger partial charge in [0.25, 0.3) is 0 Å². The van der Waals surface area contributed by atoms with Crippen LogP contribution < -0.4 is 5.32 Å². The molecule has 0 aliphatic heterocycles. The van der Waals surface area contributed by atoms with Gasteiger partial charge in [0, 0.05) is 11.3 Å². The van der Waals surface area contributed by atoms with Crippen LogP contribution in [0.1, 0.15) is 36.7 Å². The highest BCUT2D eigenvalue weighted by Crippen LogP contribution is 2.20. The summed E-state index contributed by atoms with van der Waals surface area (Å²) in [6, 6.07) is 20.8. The van der Waals surface area contributed by atoms with E-state index < -0.39 is 11.7 Å². The Morgan fingerprint density at radius 3 is 2.29 bits per heavy atom. The molecule has 4 nitrogen and oxygen atoms in total. The number of carbonyl (C=O) groups is 2. The van der Waals surface area contributed by atoms with Crippen LogP contribution in [0.3, 0.4) is 0 Å². The third-order valence-electron chi connectivity index (χ3n) is 4.05. The van der Waals surface area contributed by atoms with Crippen molar-refractivity contribution in [3.05, 3.63) is 83.9 Å². The van der Waals surface area contributed by atoms with E-state index in [2.05, 4.69) is 5.32 Å². The molecule has 0 fully saturated rings. The Balaban J connectivity index is 1.69. The van der Waals surface area contributed by atoms with Gasteiger partial charge in [-0.3, -0.25) is 10.1 Å². The van der Waals surface area contributed by atoms with E-state index in [-0.39, 0.29) is 5.78 Å². The maximum atomic E-state index is 12.5. The average molecular weight is 373 g/mol. The lowest BCUT2D eigenvalue weighted by molar-refractivity contribution is 0.0636. The van der Waals surface area contributed by atoms with E-state index in [1.54, 1.807) is 51.1 Å². The summed E-state index contributed by atoms with van der Waals surface area (Å²) in [5.41, 5.74) is 1.55. The molecule has 4 heteroatoms. The van der Waals surface area contributed by atoms with Crippen LogP contribution in [-0.4, -0.2) is 17.5 Å². The van der Waals surface area contributed by atoms with Crippen molar-refractivity contribution in [3.63, 3.8) is 0 Å². The van der Waals surface area contributed by atoms with E-state index in [0.717, 1.165) is 16.3 Å². The molecular formula is C24H23NO3. The fourth-order valence-electron chi connectivity index (χ4n) is 2.80. The van der Waals surface area contributed by atoms with Gasteiger partial charge in [-0.2, -0.15) is 0 Å². The number of ketones is 1. The van der Waals surface area contributed by atoms with Crippen molar-refractivity contribution >= 4 is 34.4 Å². The first-order valence-electron chi connectivity index (χ1n) is 9.12. The number of allylic oxidation sites excluding steroid dienone is 1. The molecule has 0 saturated carbocycles. The number of amides is 1. The molecule has 0 bridgehead atoms. The van der Waals surface area contributed by atoms with Crippen molar-refractivity contribution < 1.29 is 14.3 Å². The summed E-state index contributed by atoms with van der Waals surface area (Å²) >= 11 is 0. The van der Waals surface area contributed by atoms with Crippen molar-refractivity contribution in [3.8, 4) is 0 Å². The Labute approximate surface area is 164 Å². The summed E-state index contributed by atoms with van der Waals surface area (Å²) in [4.78, 5) is 24.3. The van der Waals surface area contributed by atoms with Gasteiger partial charge in [0.1, 0.15) is 5.60 Å². The molecule has 0 aliphatic carbocycles. The highest BCUT2D eigenvalue weighted by atomic mass is 16.6. The first kappa shape index (κ1) is 19.4. The number of carbonyl (C=O) groups excluding carboxylic acids is 2. The minimum absolute atomic E-state index is 0.100. The SMILES string of the molecule is CC(C)(C)OC(=O)Nc1ccc(C(=O)/C=C/c2cccc3ccccc23)cc1. The van der Waals surface area contributed by atoms with Gasteiger partial charge < -0.3 is 4.74 Å². The Morgan fingerprint density at radius 1 is 0.893 bits per heavy atom. The fourth-order valence-corrected chi connectivity index (χ4v) is 2.80. The van der Waals surface area contributed by atoms with Gasteiger partial charge in [0.2, 0.25) is 0 Å². The zero-order chi connectivity index (χ0) is 20.1. The minimum Gasteiger partial charge on any atom is -0.444 e. The molecule has 0 saturated heterocycles. The van der Waals surface area contributed by atoms with Crippen molar-refractivity contribution in [2.75, 3.05) is 5.32 Å². The van der Waals surface area contributed by atoms with Gasteiger partial charge in [-0.1, -0.05) is 48.5 Å². The van der Waals surface area contributed by atoms with Crippen molar-refractivity contribution in [2.45, 2.75) is 26.4 Å². The monoisotopic (exact) mass is 373 g/mol. The van der Waals surface area contributed by atoms with Crippen LogP contribution in [0.5, 0.6) is 0 Å². The second-order valence-corrected chi connectivity index (χ2v) is 7.47. The van der Waals surface area contributed by atoms with E-state index in [4.69, 9.17) is 4.74 Å². The van der Waals surface area contributed by atoms with Gasteiger partial charge >= 0.3 is 6.09 Å². The highest BCUT2D eigenvalue weighted by Gasteiger charge is 2.16. The molecule has 1 N–H and O–H groups in total. The molecule has 0 radical (unpaired) electrons. The molecule has 0 spiro atoms. The molecule has 3 rings (SSSR count). The maximum Gasteiger partial charge on any atom is 0.412 e. The molecule has 3 aromatic carbocycles. The summed E-state index contributed by atoms with van der Waals surface area (Å²) < 4.78 is 5.21. The topological polar surface area (TPSA) is 55.4 Å². The smallest absolute Gasteiger partial charge is 0.412 e. The van der Waals surface area contributed by atoms with E-state index in [1.165, 1.54) is 0 Å². The predicted molar refractivity (Wildman–Crippen MR) is 114 cm³/mol. The average Bonchev–Trinajstić information content (AvgIpc) is 2.65. The van der Waals surface area contributed by atoms with Crippen LogP contribution in [0.4, 0.5) is 10.5 Å². The molecule has 0 aliphatic rings. The molecule has 142 valence electrons. The van der Waals surface area contributed by atoms with Crippen LogP contribution >= 0.6 is 0 Å². The first-order chi connectivity index (χ1) is 13.3. The minimum atomic E-state index is -0.563. The number of fused-ring (bicyclic) bond motifs is 1. The van der Waals surface area contributed by atoms with Gasteiger partial charge in [-0.15, -0.1) is 0 Å². The second-order valence-electron chi connectivity index (χ2n) is 7.47. The summed E-state index contributed by atoms with van der Waals surface area (Å²) in [7, 11) is 0. The van der Waals surface area contributed by atoms with E-state index in [9.17, 15) is 9.59 Å². The van der Waals surface area contributed by atoms with E-state index in [1.807, 2.05) is 48.5 Å². The normalized spacial score (nSPS) is 11.5. The summed E-state index contributed by atoms with van der Waals surface area (Å²) in [5.74, 6) is -0.100. The van der Waals surface area contributed by atoms with Crippen LogP contribution in [0.15, 0.2) is 72.8 Å². The van der Waals surface area contributed by atoms with Gasteiger partial charge in [0.15, 0.2) is 5.78 Å². The molecule has 3 aromatic rings. The first-order valence-corrected chi connectivity index (χ1v) is 9.12. The van der Waals surface area contributed by atoms with Crippen molar-refractivity contribution in [1.82, 2.24) is 0 Å². The van der Waals surface area contributed by atoms with Gasteiger partial charge in [-0.05, 0) is 67.4 Å². The van der Waals surface area contributed by atoms with Crippen LogP contribution in [0.2, 0.25) is 0 Å². The number of benzene rings is 3. The molecule has 1 amide bonds. The number of anilines is 1. The maximum absolute atomic E-state index is 12.5. The fraction of sp³-hybridized carbons (Fsp3) is 0.167. The second kappa shape index (κ2) is 8.09. The Hall–Kier alpha value is -3.40. The van der Waals surface area contributed by atoms with Crippen LogP contribution in [0.25, 0.3) is 16.8 Å². The number of ether oxygens (including phenoxy) is 1. The van der Waals surface area contributed by atoms with E-state index >= 15 is 0 Å². The summed E-state index contributed by atoms with van der Waals surface area (Å²) in [6.07, 6.45) is 2.87. The van der Waals surface area contributed by atoms with Gasteiger partial charge in [0.05, 0.1) is 0 Å². The Bertz CT molecular complexity index is 1020. The molecule has 0 atom stereocenters. The lowest BCUT2D eigenvalue weighted by Gasteiger charge is -2.19. The van der Waals surface area contributed by atoms with E-state index in [0.29, 0.717) is 11.3 Å². The molecule has 28 heavy (non-hydrogen) atoms. The molecular weight excluding hydrogens is 350 g/mol. The Morgan fingerprint density at radius 2 is 1.57 bits per heavy atom. The number of hydrogen-bond acceptors (Lipinski definition) is 3. The number of hydrogen-bond donors (Lipinski definition) is 1. The largest absolute Gasteiger partial charge is 0.444 e. The quantitative estimate of drug-likeness (QED) is 0.445. The standard InChI is InChI=1S/C24H23NO3/c1-24(2,3)28-23(27)25-20-14-11-19(12-15-20)22(26)16-13-18-9-6-8-17-7-4-5-10-21(17)18/h4-16H,1-3H3,(H,25,27)/b16-13+. The number of rotatable bonds is 4. The molecule has 0 heterocycles. The summed E-state index contributed by atoms with van der Waals surface area (Å²) in [5, 5.41) is 4.89. The zero-order valence-electron chi connectivity index (χ0n) is 16.2. The summed E-state index contributed by atoms with van der Waals surface area (Å²) in [6.45, 7) is 5.41. The highest BCUT2D eigenvalue weighted by molar-refractivity contribution is 6.08. The van der Waals surface area contributed by atoms with Crippen molar-refractivity contribution in [1.29, 1.82) is 0 Å². The third kappa shape index (κ3) is 5.07. The molecule has 0 aromatic heterocycles. The van der Waals surface area contributed by atoms with Crippen LogP contribution in [-0.2, 0) is 4.74 Å².